The molecule has 1 atom stereocenters. The van der Waals surface area contributed by atoms with Gasteiger partial charge in [0.1, 0.15) is 0 Å². The molecule has 0 aliphatic carbocycles. The average Bonchev–Trinajstić information content (AvgIpc) is 3.27. The van der Waals surface area contributed by atoms with E-state index in [2.05, 4.69) is 52.3 Å². The van der Waals surface area contributed by atoms with E-state index < -0.39 is 23.9 Å². The molecule has 21 nitrogen and oxygen atoms in total. The predicted molar refractivity (Wildman–Crippen MR) is 227 cm³/mol. The second-order valence-corrected chi connectivity index (χ2v) is 17.9. The summed E-state index contributed by atoms with van der Waals surface area (Å²) in [4.78, 5) is 106. The third-order valence-electron chi connectivity index (χ3n) is 10.3. The molecular formula is C41H76N8O13. The first kappa shape index (κ1) is 60.1. The third kappa shape index (κ3) is 32.7. The number of hydrogen-bond acceptors (Lipinski definition) is 17. The minimum absolute atomic E-state index is 0.0166. The van der Waals surface area contributed by atoms with Crippen molar-refractivity contribution in [1.29, 1.82) is 0 Å². The third-order valence-corrected chi connectivity index (χ3v) is 10.3. The summed E-state index contributed by atoms with van der Waals surface area (Å²) < 4.78 is 0. The Bertz CT molecular complexity index is 1370. The number of carboxylic acid groups (broad SMARTS) is 4. The maximum Gasteiger partial charge on any atom is 0.373 e. The molecule has 1 unspecified atom stereocenters. The molecule has 21 heteroatoms. The Balaban J connectivity index is 0. The Labute approximate surface area is 367 Å². The second-order valence-electron chi connectivity index (χ2n) is 17.9. The zero-order chi connectivity index (χ0) is 48.1. The zero-order valence-electron chi connectivity index (χ0n) is 38.7. The Morgan fingerprint density at radius 2 is 0.935 bits per heavy atom. The Hall–Kier alpha value is -4.01. The van der Waals surface area contributed by atoms with Crippen molar-refractivity contribution in [3.8, 4) is 0 Å². The van der Waals surface area contributed by atoms with Gasteiger partial charge in [-0.3, -0.25) is 53.4 Å². The number of carboxylic acids is 4. The summed E-state index contributed by atoms with van der Waals surface area (Å²) in [5, 5.41) is 36.8. The number of ketones is 1. The van der Waals surface area contributed by atoms with Crippen LogP contribution in [0.15, 0.2) is 0 Å². The Kier molecular flexibility index (Phi) is 31.6. The van der Waals surface area contributed by atoms with Crippen LogP contribution in [0.1, 0.15) is 54.9 Å². The molecule has 0 radical (unpaired) electrons. The van der Waals surface area contributed by atoms with Crippen LogP contribution in [0, 0.1) is 10.8 Å². The normalized spacial score (nSPS) is 17.5. The van der Waals surface area contributed by atoms with Crippen molar-refractivity contribution in [3.05, 3.63) is 0 Å². The Morgan fingerprint density at radius 1 is 0.565 bits per heavy atom. The molecule has 358 valence electrons. The number of carbonyl (C=O) groups is 5. The van der Waals surface area contributed by atoms with E-state index in [4.69, 9.17) is 29.4 Å². The number of aliphatic carboxylic acids is 4. The van der Waals surface area contributed by atoms with Crippen LogP contribution in [0.5, 0.6) is 0 Å². The van der Waals surface area contributed by atoms with E-state index in [1.165, 1.54) is 4.90 Å². The van der Waals surface area contributed by atoms with E-state index in [1.807, 2.05) is 44.5 Å². The van der Waals surface area contributed by atoms with E-state index in [-0.39, 0.29) is 61.1 Å². The van der Waals surface area contributed by atoms with E-state index in [9.17, 15) is 34.2 Å². The fraction of sp³-hybridized carbons (Fsp3) is 0.829. The molecule has 0 aromatic heterocycles. The van der Waals surface area contributed by atoms with Crippen LogP contribution in [0.2, 0.25) is 0 Å². The maximum atomic E-state index is 12.4. The van der Waals surface area contributed by atoms with Gasteiger partial charge >= 0.3 is 36.2 Å². The molecule has 2 aliphatic heterocycles. The van der Waals surface area contributed by atoms with Crippen molar-refractivity contribution in [2.75, 3.05) is 152 Å². The first-order chi connectivity index (χ1) is 28.8. The molecule has 2 heterocycles. The molecule has 0 spiro atoms. The SMILES string of the molecule is CCN(CCN1CCN(C)CCN(CC(=O)C(C)(C)C)CC1)CC(=O)O.CN1CCN(CC(=O)O)CCN(CC(CC(C)(C)C)N(CC(=O)O)CC(=O)O)CC1.O=C=O.O=C=O. The molecule has 0 aromatic carbocycles. The van der Waals surface area contributed by atoms with Crippen LogP contribution < -0.4 is 0 Å². The molecule has 2 aliphatic rings. The van der Waals surface area contributed by atoms with Gasteiger partial charge in [0.25, 0.3) is 0 Å². The smallest absolute Gasteiger partial charge is 0.373 e. The largest absolute Gasteiger partial charge is 0.480 e. The molecule has 2 saturated heterocycles. The van der Waals surface area contributed by atoms with Crippen LogP contribution >= 0.6 is 0 Å². The number of carbonyl (C=O) groups excluding carboxylic acids is 5. The molecule has 4 N–H and O–H groups in total. The highest BCUT2D eigenvalue weighted by atomic mass is 16.4. The molecule has 2 rings (SSSR count). The first-order valence-corrected chi connectivity index (χ1v) is 20.9. The van der Waals surface area contributed by atoms with Crippen LogP contribution in [0.4, 0.5) is 0 Å². The number of Topliss-reactive ketones (excluding diaryl/α,β-unsaturated/α-hetero) is 1. The van der Waals surface area contributed by atoms with E-state index in [0.717, 1.165) is 78.5 Å². The summed E-state index contributed by atoms with van der Waals surface area (Å²) in [6.45, 7) is 26.8. The van der Waals surface area contributed by atoms with Gasteiger partial charge in [0.05, 0.1) is 32.7 Å². The average molecular weight is 889 g/mol. The van der Waals surface area contributed by atoms with E-state index >= 15 is 0 Å². The highest BCUT2D eigenvalue weighted by molar-refractivity contribution is 5.85. The molecule has 0 bridgehead atoms. The van der Waals surface area contributed by atoms with Gasteiger partial charge in [0.15, 0.2) is 5.78 Å². The van der Waals surface area contributed by atoms with Crippen LogP contribution in [-0.4, -0.2) is 259 Å². The van der Waals surface area contributed by atoms with Gasteiger partial charge < -0.3 is 30.2 Å². The molecule has 0 amide bonds. The van der Waals surface area contributed by atoms with Crippen LogP contribution in [-0.2, 0) is 43.2 Å². The summed E-state index contributed by atoms with van der Waals surface area (Å²) in [7, 11) is 4.12. The van der Waals surface area contributed by atoms with Crippen molar-refractivity contribution in [2.24, 2.45) is 10.8 Å². The van der Waals surface area contributed by atoms with E-state index in [1.54, 1.807) is 0 Å². The molecular weight excluding hydrogens is 812 g/mol. The van der Waals surface area contributed by atoms with Crippen molar-refractivity contribution in [3.63, 3.8) is 0 Å². The van der Waals surface area contributed by atoms with Crippen molar-refractivity contribution in [2.45, 2.75) is 60.9 Å². The van der Waals surface area contributed by atoms with Gasteiger partial charge in [0, 0.05) is 110 Å². The molecule has 62 heavy (non-hydrogen) atoms. The fourth-order valence-corrected chi connectivity index (χ4v) is 6.64. The minimum Gasteiger partial charge on any atom is -0.480 e. The highest BCUT2D eigenvalue weighted by Crippen LogP contribution is 2.24. The van der Waals surface area contributed by atoms with Gasteiger partial charge in [-0.15, -0.1) is 0 Å². The lowest BCUT2D eigenvalue weighted by atomic mass is 9.87. The van der Waals surface area contributed by atoms with Gasteiger partial charge in [-0.25, -0.2) is 0 Å². The van der Waals surface area contributed by atoms with Crippen molar-refractivity contribution in [1.82, 2.24) is 39.2 Å². The monoisotopic (exact) mass is 889 g/mol. The molecule has 2 fully saturated rings. The second kappa shape index (κ2) is 32.6. The van der Waals surface area contributed by atoms with Gasteiger partial charge in [-0.1, -0.05) is 48.5 Å². The number of rotatable bonds is 18. The summed E-state index contributed by atoms with van der Waals surface area (Å²) in [6.07, 6.45) is 1.15. The fourth-order valence-electron chi connectivity index (χ4n) is 6.64. The lowest BCUT2D eigenvalue weighted by Gasteiger charge is -2.37. The lowest BCUT2D eigenvalue weighted by molar-refractivity contribution is -0.193. The van der Waals surface area contributed by atoms with E-state index in [0.29, 0.717) is 39.1 Å². The number of nitrogens with zero attached hydrogens (tertiary/aromatic N) is 8. The minimum atomic E-state index is -1.05. The van der Waals surface area contributed by atoms with Gasteiger partial charge in [0.2, 0.25) is 0 Å². The zero-order valence-corrected chi connectivity index (χ0v) is 38.7. The van der Waals surface area contributed by atoms with Gasteiger partial charge in [-0.2, -0.15) is 19.2 Å². The topological polar surface area (TPSA) is 260 Å². The van der Waals surface area contributed by atoms with Crippen molar-refractivity contribution < 1.29 is 63.6 Å². The summed E-state index contributed by atoms with van der Waals surface area (Å²) in [5.74, 6) is -3.45. The molecule has 0 aromatic rings. The quantitative estimate of drug-likeness (QED) is 0.132. The number of likely N-dealkylation sites (N-methyl/N-ethyl adjacent to an activating group) is 3. The van der Waals surface area contributed by atoms with Crippen LogP contribution in [0.25, 0.3) is 0 Å². The highest BCUT2D eigenvalue weighted by Gasteiger charge is 2.30. The summed E-state index contributed by atoms with van der Waals surface area (Å²) in [5.41, 5.74) is -0.409. The molecule has 0 saturated carbocycles. The maximum absolute atomic E-state index is 12.4. The van der Waals surface area contributed by atoms with Crippen molar-refractivity contribution >= 4 is 42.0 Å². The summed E-state index contributed by atoms with van der Waals surface area (Å²) >= 11 is 0. The standard InChI is InChI=1S/C20H38N4O6.C19H38N4O3.2CO2/c1-20(2,3)11-16(24(14-18(27)28)15-19(29)30)12-22-7-5-21(4)6-8-23(10-9-22)13-17(25)26;1-6-21(16-18(25)26)11-12-22-9-7-20(5)8-10-23(14-13-22)15-17(24)19(2,3)4;2*2-1-3/h16H,5-15H2,1-4H3,(H,25,26)(H,27,28)(H,29,30);6-16H2,1-5H3,(H,25,26);;. The first-order valence-electron chi connectivity index (χ1n) is 20.9. The Morgan fingerprint density at radius 3 is 1.32 bits per heavy atom. The van der Waals surface area contributed by atoms with Gasteiger partial charge in [-0.05, 0) is 32.5 Å². The number of hydrogen-bond donors (Lipinski definition) is 4. The van der Waals surface area contributed by atoms with Crippen LogP contribution in [0.3, 0.4) is 0 Å². The lowest BCUT2D eigenvalue weighted by Crippen LogP contribution is -2.51. The predicted octanol–water partition coefficient (Wildman–Crippen LogP) is -0.713. The summed E-state index contributed by atoms with van der Waals surface area (Å²) in [6, 6.07) is -0.240.